The molecule has 0 radical (unpaired) electrons. The molecule has 0 aromatic heterocycles. The molecule has 1 saturated heterocycles. The molecule has 0 bridgehead atoms. The van der Waals surface area contributed by atoms with Gasteiger partial charge in [0.05, 0.1) is 6.04 Å². The Labute approximate surface area is 92.2 Å². The lowest BCUT2D eigenvalue weighted by Crippen LogP contribution is -2.55. The van der Waals surface area contributed by atoms with Gasteiger partial charge in [-0.15, -0.1) is 0 Å². The molecule has 1 atom stereocenters. The molecule has 1 amide bonds. The van der Waals surface area contributed by atoms with Gasteiger partial charge in [0.25, 0.3) is 0 Å². The molecular weight excluding hydrogens is 188 g/mol. The van der Waals surface area contributed by atoms with Crippen molar-refractivity contribution in [1.29, 1.82) is 0 Å². The van der Waals surface area contributed by atoms with Crippen molar-refractivity contribution >= 4 is 5.91 Å². The molecule has 1 heterocycles. The van der Waals surface area contributed by atoms with Gasteiger partial charge in [-0.3, -0.25) is 4.79 Å². The number of amides is 1. The summed E-state index contributed by atoms with van der Waals surface area (Å²) in [5, 5.41) is 3.18. The second-order valence-electron chi connectivity index (χ2n) is 5.16. The summed E-state index contributed by atoms with van der Waals surface area (Å²) in [5.41, 5.74) is 0. The highest BCUT2D eigenvalue weighted by Crippen LogP contribution is 2.27. The Morgan fingerprint density at radius 2 is 1.80 bits per heavy atom. The fraction of sp³-hybridized carbons (Fsp3) is 0.917. The predicted molar refractivity (Wildman–Crippen MR) is 60.6 cm³/mol. The summed E-state index contributed by atoms with van der Waals surface area (Å²) in [6.45, 7) is 3.32. The first kappa shape index (κ1) is 10.9. The van der Waals surface area contributed by atoms with Gasteiger partial charge in [-0.25, -0.2) is 0 Å². The molecule has 86 valence electrons. The molecule has 3 nitrogen and oxygen atoms in total. The Morgan fingerprint density at radius 3 is 2.27 bits per heavy atom. The van der Waals surface area contributed by atoms with Crippen molar-refractivity contribution in [3.05, 3.63) is 0 Å². The van der Waals surface area contributed by atoms with Crippen LogP contribution >= 0.6 is 0 Å². The van der Waals surface area contributed by atoms with E-state index in [0.29, 0.717) is 11.9 Å². The van der Waals surface area contributed by atoms with Crippen LogP contribution < -0.4 is 5.32 Å². The third-order valence-electron chi connectivity index (χ3n) is 4.00. The largest absolute Gasteiger partial charge is 0.341 e. The van der Waals surface area contributed by atoms with E-state index in [1.54, 1.807) is 0 Å². The summed E-state index contributed by atoms with van der Waals surface area (Å²) in [7, 11) is 1.98. The van der Waals surface area contributed by atoms with E-state index in [1.807, 2.05) is 11.9 Å². The number of carbonyl (C=O) groups is 1. The zero-order chi connectivity index (χ0) is 10.8. The molecule has 0 unspecified atom stereocenters. The Morgan fingerprint density at radius 1 is 1.20 bits per heavy atom. The van der Waals surface area contributed by atoms with Crippen molar-refractivity contribution in [3.8, 4) is 0 Å². The van der Waals surface area contributed by atoms with Crippen LogP contribution in [0.4, 0.5) is 0 Å². The summed E-state index contributed by atoms with van der Waals surface area (Å²) >= 11 is 0. The van der Waals surface area contributed by atoms with Gasteiger partial charge >= 0.3 is 0 Å². The van der Waals surface area contributed by atoms with Crippen molar-refractivity contribution in [2.24, 2.45) is 5.92 Å². The minimum Gasteiger partial charge on any atom is -0.341 e. The van der Waals surface area contributed by atoms with Gasteiger partial charge in [-0.2, -0.15) is 0 Å². The highest BCUT2D eigenvalue weighted by atomic mass is 16.2. The molecule has 3 heteroatoms. The van der Waals surface area contributed by atoms with Gasteiger partial charge < -0.3 is 10.2 Å². The third-order valence-corrected chi connectivity index (χ3v) is 4.00. The highest BCUT2D eigenvalue weighted by Gasteiger charge is 2.31. The van der Waals surface area contributed by atoms with Crippen LogP contribution in [0.3, 0.4) is 0 Å². The Bertz CT molecular complexity index is 230. The number of carbonyl (C=O) groups excluding carboxylic acids is 1. The van der Waals surface area contributed by atoms with Crippen LogP contribution in [-0.4, -0.2) is 36.5 Å². The molecule has 2 aliphatic rings. The van der Waals surface area contributed by atoms with Crippen LogP contribution in [-0.2, 0) is 4.79 Å². The summed E-state index contributed by atoms with van der Waals surface area (Å²) in [6.07, 6.45) is 5.96. The van der Waals surface area contributed by atoms with Crippen molar-refractivity contribution in [1.82, 2.24) is 10.2 Å². The maximum atomic E-state index is 12.0. The fourth-order valence-electron chi connectivity index (χ4n) is 2.55. The zero-order valence-corrected chi connectivity index (χ0v) is 9.83. The number of nitrogens with one attached hydrogen (secondary N) is 1. The van der Waals surface area contributed by atoms with E-state index < -0.39 is 0 Å². The molecule has 1 saturated carbocycles. The fourth-order valence-corrected chi connectivity index (χ4v) is 2.55. The standard InChI is InChI=1S/C12H22N2O/c1-9-3-5-10(6-4-9)14(2)12(15)11-7-8-13-11/h9-11,13H,3-8H2,1-2H3/t9?,10?,11-/m1/s1. The molecule has 1 aliphatic heterocycles. The normalized spacial score (nSPS) is 35.7. The van der Waals surface area contributed by atoms with E-state index in [0.717, 1.165) is 18.9 Å². The van der Waals surface area contributed by atoms with Gasteiger partial charge in [0, 0.05) is 13.1 Å². The van der Waals surface area contributed by atoms with Crippen molar-refractivity contribution in [3.63, 3.8) is 0 Å². The van der Waals surface area contributed by atoms with Crippen LogP contribution in [0.15, 0.2) is 0 Å². The molecule has 1 aliphatic carbocycles. The predicted octanol–water partition coefficient (Wildman–Crippen LogP) is 1.39. The van der Waals surface area contributed by atoms with E-state index in [-0.39, 0.29) is 6.04 Å². The smallest absolute Gasteiger partial charge is 0.239 e. The monoisotopic (exact) mass is 210 g/mol. The number of hydrogen-bond acceptors (Lipinski definition) is 2. The number of likely N-dealkylation sites (N-methyl/N-ethyl adjacent to an activating group) is 1. The van der Waals surface area contributed by atoms with Crippen LogP contribution in [0.2, 0.25) is 0 Å². The Balaban J connectivity index is 1.84. The highest BCUT2D eigenvalue weighted by molar-refractivity contribution is 5.82. The zero-order valence-electron chi connectivity index (χ0n) is 9.83. The van der Waals surface area contributed by atoms with Gasteiger partial charge in [0.15, 0.2) is 0 Å². The molecular formula is C12H22N2O. The molecule has 0 aromatic rings. The maximum absolute atomic E-state index is 12.0. The minimum absolute atomic E-state index is 0.120. The first-order valence-electron chi connectivity index (χ1n) is 6.18. The van der Waals surface area contributed by atoms with Crippen LogP contribution in [0, 0.1) is 5.92 Å². The average Bonchev–Trinajstić information content (AvgIpc) is 2.15. The average molecular weight is 210 g/mol. The quantitative estimate of drug-likeness (QED) is 0.747. The molecule has 2 fully saturated rings. The number of nitrogens with zero attached hydrogens (tertiary/aromatic N) is 1. The molecule has 2 rings (SSSR count). The van der Waals surface area contributed by atoms with Gasteiger partial charge in [-0.1, -0.05) is 6.92 Å². The lowest BCUT2D eigenvalue weighted by atomic mass is 9.86. The van der Waals surface area contributed by atoms with Crippen molar-refractivity contribution in [2.45, 2.75) is 51.1 Å². The van der Waals surface area contributed by atoms with Crippen LogP contribution in [0.1, 0.15) is 39.0 Å². The first-order chi connectivity index (χ1) is 7.18. The topological polar surface area (TPSA) is 32.3 Å². The van der Waals surface area contributed by atoms with E-state index >= 15 is 0 Å². The van der Waals surface area contributed by atoms with Gasteiger partial charge in [0.2, 0.25) is 5.91 Å². The second-order valence-corrected chi connectivity index (χ2v) is 5.16. The van der Waals surface area contributed by atoms with E-state index in [4.69, 9.17) is 0 Å². The third kappa shape index (κ3) is 2.33. The van der Waals surface area contributed by atoms with Crippen molar-refractivity contribution < 1.29 is 4.79 Å². The minimum atomic E-state index is 0.120. The van der Waals surface area contributed by atoms with E-state index in [2.05, 4.69) is 12.2 Å². The van der Waals surface area contributed by atoms with E-state index in [9.17, 15) is 4.79 Å². The molecule has 15 heavy (non-hydrogen) atoms. The van der Waals surface area contributed by atoms with Gasteiger partial charge in [0.1, 0.15) is 0 Å². The summed E-state index contributed by atoms with van der Waals surface area (Å²) in [4.78, 5) is 14.0. The summed E-state index contributed by atoms with van der Waals surface area (Å²) in [6, 6.07) is 0.616. The van der Waals surface area contributed by atoms with Crippen molar-refractivity contribution in [2.75, 3.05) is 13.6 Å². The number of rotatable bonds is 2. The van der Waals surface area contributed by atoms with Crippen LogP contribution in [0.25, 0.3) is 0 Å². The van der Waals surface area contributed by atoms with Crippen LogP contribution in [0.5, 0.6) is 0 Å². The summed E-state index contributed by atoms with van der Waals surface area (Å²) < 4.78 is 0. The summed E-state index contributed by atoms with van der Waals surface area (Å²) in [5.74, 6) is 1.16. The Hall–Kier alpha value is -0.570. The molecule has 1 N–H and O–H groups in total. The van der Waals surface area contributed by atoms with E-state index in [1.165, 1.54) is 25.7 Å². The lowest BCUT2D eigenvalue weighted by Gasteiger charge is -2.37. The van der Waals surface area contributed by atoms with Gasteiger partial charge in [-0.05, 0) is 44.6 Å². The molecule has 0 aromatic carbocycles. The first-order valence-corrected chi connectivity index (χ1v) is 6.18. The Kier molecular flexibility index (Phi) is 3.29. The lowest BCUT2D eigenvalue weighted by molar-refractivity contribution is -0.136. The number of hydrogen-bond donors (Lipinski definition) is 1. The molecule has 0 spiro atoms. The SMILES string of the molecule is CC1CCC(N(C)C(=O)[C@H]2CCN2)CC1. The maximum Gasteiger partial charge on any atom is 0.239 e. The second kappa shape index (κ2) is 4.52.